The van der Waals surface area contributed by atoms with Crippen LogP contribution in [0.15, 0.2) is 16.5 Å². The number of carbonyl (C=O) groups excluding carboxylic acids is 1. The molecule has 0 aliphatic rings. The lowest BCUT2D eigenvalue weighted by atomic mass is 10.3. The van der Waals surface area contributed by atoms with Crippen LogP contribution in [0.4, 0.5) is 4.79 Å². The maximum atomic E-state index is 10.2. The van der Waals surface area contributed by atoms with Crippen LogP contribution in [0.25, 0.3) is 0 Å². The molecule has 1 aromatic rings. The first-order valence-electron chi connectivity index (χ1n) is 3.29. The van der Waals surface area contributed by atoms with Gasteiger partial charge < -0.3 is 5.73 Å². The van der Waals surface area contributed by atoms with Crippen LogP contribution in [0.1, 0.15) is 10.4 Å². The van der Waals surface area contributed by atoms with Gasteiger partial charge in [0.25, 0.3) is 0 Å². The molecule has 0 aromatic carbocycles. The summed E-state index contributed by atoms with van der Waals surface area (Å²) in [5.74, 6) is 0. The van der Waals surface area contributed by atoms with Crippen molar-refractivity contribution >= 4 is 23.6 Å². The molecule has 0 radical (unpaired) electrons. The molecule has 0 aliphatic carbocycles. The van der Waals surface area contributed by atoms with Crippen LogP contribution in [0, 0.1) is 11.3 Å². The van der Waals surface area contributed by atoms with E-state index in [1.54, 1.807) is 11.4 Å². The van der Waals surface area contributed by atoms with Crippen LogP contribution in [0.2, 0.25) is 0 Å². The maximum Gasteiger partial charge on any atom is 0.332 e. The Labute approximate surface area is 78.5 Å². The highest BCUT2D eigenvalue weighted by molar-refractivity contribution is 7.11. The molecule has 1 rings (SSSR count). The first kappa shape index (κ1) is 9.22. The van der Waals surface area contributed by atoms with Crippen molar-refractivity contribution in [1.29, 1.82) is 5.26 Å². The van der Waals surface area contributed by atoms with Gasteiger partial charge >= 0.3 is 6.03 Å². The number of rotatable bonds is 2. The average molecular weight is 194 g/mol. The lowest BCUT2D eigenvalue weighted by Gasteiger charge is -1.87. The molecule has 0 unspecified atom stereocenters. The van der Waals surface area contributed by atoms with Gasteiger partial charge in [-0.05, 0) is 6.07 Å². The highest BCUT2D eigenvalue weighted by atomic mass is 32.1. The van der Waals surface area contributed by atoms with Gasteiger partial charge in [-0.3, -0.25) is 0 Å². The van der Waals surface area contributed by atoms with E-state index in [0.717, 1.165) is 4.88 Å². The smallest absolute Gasteiger partial charge is 0.332 e. The van der Waals surface area contributed by atoms with Crippen molar-refractivity contribution in [3.8, 4) is 6.07 Å². The number of carbonyl (C=O) groups is 1. The second-order valence-corrected chi connectivity index (χ2v) is 3.03. The molecule has 3 N–H and O–H groups in total. The van der Waals surface area contributed by atoms with Gasteiger partial charge in [-0.1, -0.05) is 0 Å². The molecule has 0 atom stereocenters. The molecule has 0 spiro atoms. The number of nitrogens with zero attached hydrogens (tertiary/aromatic N) is 2. The third kappa shape index (κ3) is 2.92. The zero-order chi connectivity index (χ0) is 9.68. The molecule has 0 saturated carbocycles. The fraction of sp³-hybridized carbons (Fsp3) is 0. The Kier molecular flexibility index (Phi) is 3.00. The van der Waals surface area contributed by atoms with Gasteiger partial charge in [0.05, 0.1) is 11.8 Å². The van der Waals surface area contributed by atoms with Crippen molar-refractivity contribution in [2.24, 2.45) is 10.8 Å². The molecular weight excluding hydrogens is 188 g/mol. The van der Waals surface area contributed by atoms with Gasteiger partial charge in [0.2, 0.25) is 0 Å². The van der Waals surface area contributed by atoms with Crippen molar-refractivity contribution in [2.75, 3.05) is 0 Å². The standard InChI is InChI=1S/C7H6N4OS/c8-2-5-1-6(13-4-5)3-10-11-7(9)12/h1,3-4H,(H3,9,11,12)/b10-3+. The minimum absolute atomic E-state index is 0.575. The quantitative estimate of drug-likeness (QED) is 0.533. The van der Waals surface area contributed by atoms with Crippen molar-refractivity contribution in [1.82, 2.24) is 5.43 Å². The molecule has 0 saturated heterocycles. The molecule has 66 valence electrons. The summed E-state index contributed by atoms with van der Waals surface area (Å²) in [6.07, 6.45) is 1.43. The largest absolute Gasteiger partial charge is 0.350 e. The van der Waals surface area contributed by atoms with E-state index in [4.69, 9.17) is 11.0 Å². The molecule has 0 fully saturated rings. The summed E-state index contributed by atoms with van der Waals surface area (Å²) < 4.78 is 0. The number of nitrogens with one attached hydrogen (secondary N) is 1. The zero-order valence-electron chi connectivity index (χ0n) is 6.52. The first-order valence-corrected chi connectivity index (χ1v) is 4.17. The Balaban J connectivity index is 2.60. The number of amides is 2. The molecule has 0 aliphatic heterocycles. The zero-order valence-corrected chi connectivity index (χ0v) is 7.34. The van der Waals surface area contributed by atoms with Gasteiger partial charge in [-0.25, -0.2) is 10.2 Å². The maximum absolute atomic E-state index is 10.2. The predicted octanol–water partition coefficient (Wildman–Crippen LogP) is 0.622. The molecule has 5 nitrogen and oxygen atoms in total. The van der Waals surface area contributed by atoms with E-state index in [0.29, 0.717) is 5.56 Å². The van der Waals surface area contributed by atoms with E-state index >= 15 is 0 Å². The summed E-state index contributed by atoms with van der Waals surface area (Å²) in [6.45, 7) is 0. The van der Waals surface area contributed by atoms with Gasteiger partial charge in [-0.2, -0.15) is 10.4 Å². The number of thiophene rings is 1. The molecular formula is C7H6N4OS. The highest BCUT2D eigenvalue weighted by Crippen LogP contribution is 2.10. The van der Waals surface area contributed by atoms with Crippen LogP contribution in [-0.4, -0.2) is 12.2 Å². The fourth-order valence-electron chi connectivity index (χ4n) is 0.639. The van der Waals surface area contributed by atoms with Gasteiger partial charge in [0, 0.05) is 10.3 Å². The lowest BCUT2D eigenvalue weighted by Crippen LogP contribution is -2.24. The topological polar surface area (TPSA) is 91.3 Å². The van der Waals surface area contributed by atoms with E-state index in [-0.39, 0.29) is 0 Å². The van der Waals surface area contributed by atoms with Crippen molar-refractivity contribution in [3.63, 3.8) is 0 Å². The number of nitrogens with two attached hydrogens (primary N) is 1. The number of nitriles is 1. The number of urea groups is 1. The summed E-state index contributed by atoms with van der Waals surface area (Å²) in [7, 11) is 0. The summed E-state index contributed by atoms with van der Waals surface area (Å²) in [5.41, 5.74) is 7.40. The lowest BCUT2D eigenvalue weighted by molar-refractivity contribution is 0.249. The number of hydrogen-bond acceptors (Lipinski definition) is 4. The summed E-state index contributed by atoms with van der Waals surface area (Å²) >= 11 is 1.36. The van der Waals surface area contributed by atoms with E-state index in [2.05, 4.69) is 10.5 Å². The Bertz CT molecular complexity index is 376. The van der Waals surface area contributed by atoms with Gasteiger partial charge in [0.1, 0.15) is 6.07 Å². The second kappa shape index (κ2) is 4.23. The van der Waals surface area contributed by atoms with E-state index in [9.17, 15) is 4.79 Å². The van der Waals surface area contributed by atoms with E-state index in [1.165, 1.54) is 17.6 Å². The van der Waals surface area contributed by atoms with Crippen LogP contribution >= 0.6 is 11.3 Å². The monoisotopic (exact) mass is 194 g/mol. The van der Waals surface area contributed by atoms with Crippen LogP contribution in [0.3, 0.4) is 0 Å². The van der Waals surface area contributed by atoms with Crippen molar-refractivity contribution < 1.29 is 4.79 Å². The Hall–Kier alpha value is -1.87. The van der Waals surface area contributed by atoms with E-state index in [1.807, 2.05) is 6.07 Å². The van der Waals surface area contributed by atoms with E-state index < -0.39 is 6.03 Å². The minimum atomic E-state index is -0.715. The second-order valence-electron chi connectivity index (χ2n) is 2.08. The summed E-state index contributed by atoms with van der Waals surface area (Å²) in [5, 5.41) is 13.7. The Morgan fingerprint density at radius 1 is 1.85 bits per heavy atom. The van der Waals surface area contributed by atoms with Gasteiger partial charge in [0.15, 0.2) is 0 Å². The van der Waals surface area contributed by atoms with Crippen LogP contribution in [-0.2, 0) is 0 Å². The fourth-order valence-corrected chi connectivity index (χ4v) is 1.33. The molecule has 13 heavy (non-hydrogen) atoms. The first-order chi connectivity index (χ1) is 6.22. The third-order valence-electron chi connectivity index (χ3n) is 1.12. The summed E-state index contributed by atoms with van der Waals surface area (Å²) in [6, 6.07) is 2.93. The molecule has 0 bridgehead atoms. The summed E-state index contributed by atoms with van der Waals surface area (Å²) in [4.78, 5) is 11.0. The Morgan fingerprint density at radius 3 is 3.15 bits per heavy atom. The molecule has 6 heteroatoms. The number of primary amides is 1. The predicted molar refractivity (Wildman–Crippen MR) is 49.3 cm³/mol. The SMILES string of the molecule is N#Cc1csc(/C=N/NC(N)=O)c1. The third-order valence-corrected chi connectivity index (χ3v) is 1.98. The molecule has 1 heterocycles. The van der Waals surface area contributed by atoms with Crippen molar-refractivity contribution in [2.45, 2.75) is 0 Å². The number of hydrogen-bond donors (Lipinski definition) is 2. The molecule has 1 aromatic heterocycles. The van der Waals surface area contributed by atoms with Gasteiger partial charge in [-0.15, -0.1) is 11.3 Å². The Morgan fingerprint density at radius 2 is 2.62 bits per heavy atom. The van der Waals surface area contributed by atoms with Crippen LogP contribution < -0.4 is 11.2 Å². The van der Waals surface area contributed by atoms with Crippen LogP contribution in [0.5, 0.6) is 0 Å². The average Bonchev–Trinajstić information content (AvgIpc) is 2.52. The van der Waals surface area contributed by atoms with Crippen molar-refractivity contribution in [3.05, 3.63) is 21.9 Å². The number of hydrazone groups is 1. The molecule has 2 amide bonds. The highest BCUT2D eigenvalue weighted by Gasteiger charge is 1.94. The normalized spacial score (nSPS) is 9.77. The minimum Gasteiger partial charge on any atom is -0.350 e.